The molecule has 0 spiro atoms. The summed E-state index contributed by atoms with van der Waals surface area (Å²) in [5.41, 5.74) is 16.5. The Kier molecular flexibility index (Phi) is 17.4. The van der Waals surface area contributed by atoms with Crippen LogP contribution in [-0.4, -0.2) is 106 Å². The molecule has 1 unspecified atom stereocenters. The Balaban J connectivity index is 1.17. The number of aromatic amines is 1. The highest BCUT2D eigenvalue weighted by Crippen LogP contribution is 2.32. The van der Waals surface area contributed by atoms with Gasteiger partial charge in [-0.05, 0) is 63.1 Å². The van der Waals surface area contributed by atoms with Gasteiger partial charge in [0.05, 0.1) is 24.2 Å². The number of aliphatic hydroxyl groups is 1. The third kappa shape index (κ3) is 14.2. The summed E-state index contributed by atoms with van der Waals surface area (Å²) in [5.74, 6) is -1.79. The van der Waals surface area contributed by atoms with E-state index in [1.165, 1.54) is 11.3 Å². The number of amides is 4. The number of hydrogen-bond donors (Lipinski definition) is 12. The molecule has 0 radical (unpaired) electrons. The summed E-state index contributed by atoms with van der Waals surface area (Å²) < 4.78 is 2.37. The van der Waals surface area contributed by atoms with Gasteiger partial charge in [0.1, 0.15) is 22.6 Å². The Morgan fingerprint density at radius 3 is 2.26 bits per heavy atom. The fourth-order valence-corrected chi connectivity index (χ4v) is 8.07. The molecule has 3 aromatic rings. The summed E-state index contributed by atoms with van der Waals surface area (Å²) in [6.45, 7) is 1.57. The molecular weight excluding hydrogens is 822 g/mol. The molecule has 19 nitrogen and oxygen atoms in total. The zero-order chi connectivity index (χ0) is 41.5. The molecular formula is C36H54BrN13O6S. The Labute approximate surface area is 342 Å². The fraction of sp³-hybridized carbons (Fsp3) is 0.556. The van der Waals surface area contributed by atoms with Gasteiger partial charge in [-0.15, -0.1) is 11.3 Å². The second-order valence-corrected chi connectivity index (χ2v) is 16.1. The second-order valence-electron chi connectivity index (χ2n) is 14.1. The van der Waals surface area contributed by atoms with Crippen molar-refractivity contribution in [3.05, 3.63) is 38.9 Å². The number of hydrogen-bond acceptors (Lipinski definition) is 11. The average molecular weight is 877 g/mol. The van der Waals surface area contributed by atoms with E-state index >= 15 is 0 Å². The van der Waals surface area contributed by atoms with Crippen LogP contribution in [0.1, 0.15) is 76.5 Å². The van der Waals surface area contributed by atoms with Gasteiger partial charge >= 0.3 is 0 Å². The number of guanidine groups is 2. The average Bonchev–Trinajstić information content (AvgIpc) is 3.70. The number of benzene rings is 1. The van der Waals surface area contributed by atoms with Crippen LogP contribution < -0.4 is 49.3 Å². The number of unbranched alkanes of at least 4 members (excludes halogenated alkanes) is 4. The van der Waals surface area contributed by atoms with Gasteiger partial charge in [-0.2, -0.15) is 0 Å². The van der Waals surface area contributed by atoms with E-state index in [-0.39, 0.29) is 68.1 Å². The van der Waals surface area contributed by atoms with Gasteiger partial charge in [0, 0.05) is 47.2 Å². The molecule has 0 bridgehead atoms. The lowest BCUT2D eigenvalue weighted by Crippen LogP contribution is -2.53. The van der Waals surface area contributed by atoms with Crippen molar-refractivity contribution in [3.63, 3.8) is 0 Å². The molecule has 1 aliphatic heterocycles. The Bertz CT molecular complexity index is 1960. The van der Waals surface area contributed by atoms with E-state index < -0.39 is 36.0 Å². The van der Waals surface area contributed by atoms with E-state index in [0.717, 1.165) is 40.2 Å². The first-order valence-corrected chi connectivity index (χ1v) is 20.7. The number of aliphatic hydroxyl groups excluding tert-OH is 1. The predicted octanol–water partition coefficient (Wildman–Crippen LogP) is 0.274. The number of halogens is 1. The first-order chi connectivity index (χ1) is 27.2. The molecule has 57 heavy (non-hydrogen) atoms. The fourth-order valence-electron chi connectivity index (χ4n) is 6.69. The van der Waals surface area contributed by atoms with Gasteiger partial charge < -0.3 is 53.9 Å². The number of nitrogens with two attached hydrogens (primary N) is 3. The topological polar surface area (TPSA) is 323 Å². The number of nitrogens with zero attached hydrogens (tertiary/aromatic N) is 2. The van der Waals surface area contributed by atoms with Crippen molar-refractivity contribution in [3.8, 4) is 0 Å². The molecule has 4 amide bonds. The van der Waals surface area contributed by atoms with Gasteiger partial charge in [-0.25, -0.2) is 4.98 Å². The standard InChI is InChI=1S/C36H54BrN13O6S/c37-20-11-12-26-22(16-20)29-30(57-26)34(56)49-27(48-29)19-50-18-21(51)17-25(50)33(55)43-13-5-3-1-2-4-10-28(52)46-24(9-7-15-45-36(41)42)32(54)47-23(31(38)53)8-6-14-44-35(39)40/h11-12,16,21,23-25,51H,1-10,13-15,17-19H2,(H2,38,53)(H,43,55)(H,46,52)(H,47,54)(H4,39,40,44)(H4,41,42,45)(H,48,49,56)/t21-,23?,24+,25+/m0/s1. The zero-order valence-corrected chi connectivity index (χ0v) is 34.2. The van der Waals surface area contributed by atoms with E-state index in [9.17, 15) is 29.1 Å². The van der Waals surface area contributed by atoms with Crippen LogP contribution in [0.3, 0.4) is 0 Å². The molecule has 1 fully saturated rings. The quantitative estimate of drug-likeness (QED) is 0.0347. The number of β-amino-alcohol motifs (C(OH)–C–C–N with tert-alkyl or cyclic N) is 1. The van der Waals surface area contributed by atoms with E-state index in [1.807, 2.05) is 23.1 Å². The van der Waals surface area contributed by atoms with Gasteiger partial charge in [0.25, 0.3) is 5.56 Å². The smallest absolute Gasteiger partial charge is 0.268 e. The van der Waals surface area contributed by atoms with E-state index in [2.05, 4.69) is 47.5 Å². The van der Waals surface area contributed by atoms with Crippen LogP contribution in [0.2, 0.25) is 0 Å². The molecule has 1 saturated heterocycles. The van der Waals surface area contributed by atoms with Gasteiger partial charge in [0.15, 0.2) is 11.9 Å². The highest BCUT2D eigenvalue weighted by Gasteiger charge is 2.36. The van der Waals surface area contributed by atoms with E-state index in [1.54, 1.807) is 0 Å². The minimum absolute atomic E-state index is 0.190. The van der Waals surface area contributed by atoms with E-state index in [4.69, 9.17) is 33.0 Å². The van der Waals surface area contributed by atoms with Crippen molar-refractivity contribution in [1.82, 2.24) is 41.5 Å². The number of aromatic nitrogens is 2. The van der Waals surface area contributed by atoms with Gasteiger partial charge in [0.2, 0.25) is 23.6 Å². The SMILES string of the molecule is N=C(N)NCCCC(NC(=O)[C@@H](CCCNC(=N)N)NC(=O)CCCCCCCNC(=O)[C@H]1C[C@H](O)CN1Cc1nc2c(sc3ccc(Br)cc32)c(=O)[nH]1)C(N)=O. The van der Waals surface area contributed by atoms with Crippen molar-refractivity contribution in [2.24, 2.45) is 17.2 Å². The maximum atomic E-state index is 13.2. The third-order valence-corrected chi connectivity index (χ3v) is 11.2. The van der Waals surface area contributed by atoms with Gasteiger partial charge in [-0.3, -0.25) is 39.7 Å². The van der Waals surface area contributed by atoms with Crippen molar-refractivity contribution in [1.29, 1.82) is 10.8 Å². The second kappa shape index (κ2) is 22.2. The molecule has 1 aliphatic rings. The number of thiophene rings is 1. The Hall–Kier alpha value is -4.86. The van der Waals surface area contributed by atoms with Crippen LogP contribution in [0, 0.1) is 10.8 Å². The number of nitrogens with one attached hydrogen (secondary N) is 8. The molecule has 1 aromatic carbocycles. The summed E-state index contributed by atoms with van der Waals surface area (Å²) >= 11 is 4.86. The number of fused-ring (bicyclic) bond motifs is 3. The number of likely N-dealkylation sites (tertiary alicyclic amines) is 1. The lowest BCUT2D eigenvalue weighted by atomic mass is 10.1. The Morgan fingerprint density at radius 1 is 0.930 bits per heavy atom. The van der Waals surface area contributed by atoms with Crippen LogP contribution in [0.4, 0.5) is 0 Å². The largest absolute Gasteiger partial charge is 0.392 e. The normalized spacial score (nSPS) is 16.5. The molecule has 3 heterocycles. The highest BCUT2D eigenvalue weighted by atomic mass is 79.9. The van der Waals surface area contributed by atoms with Crippen LogP contribution in [-0.2, 0) is 25.7 Å². The van der Waals surface area contributed by atoms with Crippen LogP contribution in [0.15, 0.2) is 27.5 Å². The highest BCUT2D eigenvalue weighted by molar-refractivity contribution is 9.10. The minimum Gasteiger partial charge on any atom is -0.392 e. The molecule has 4 rings (SSSR count). The van der Waals surface area contributed by atoms with Gasteiger partial charge in [-0.1, -0.05) is 35.2 Å². The van der Waals surface area contributed by atoms with E-state index in [0.29, 0.717) is 54.9 Å². The lowest BCUT2D eigenvalue weighted by molar-refractivity contribution is -0.131. The molecule has 15 N–H and O–H groups in total. The monoisotopic (exact) mass is 875 g/mol. The summed E-state index contributed by atoms with van der Waals surface area (Å²) in [6, 6.07) is 3.31. The lowest BCUT2D eigenvalue weighted by Gasteiger charge is -2.22. The van der Waals surface area contributed by atoms with Crippen LogP contribution >= 0.6 is 27.3 Å². The Morgan fingerprint density at radius 2 is 1.58 bits per heavy atom. The summed E-state index contributed by atoms with van der Waals surface area (Å²) in [4.78, 5) is 73.5. The molecule has 4 atom stereocenters. The van der Waals surface area contributed by atoms with Crippen molar-refractivity contribution in [2.75, 3.05) is 26.2 Å². The maximum Gasteiger partial charge on any atom is 0.268 e. The number of carbonyl (C=O) groups is 4. The molecule has 0 saturated carbocycles. The first kappa shape index (κ1) is 44.8. The van der Waals surface area contributed by atoms with Crippen molar-refractivity contribution < 1.29 is 24.3 Å². The predicted molar refractivity (Wildman–Crippen MR) is 222 cm³/mol. The zero-order valence-electron chi connectivity index (χ0n) is 31.8. The number of H-pyrrole nitrogens is 1. The van der Waals surface area contributed by atoms with Crippen molar-refractivity contribution in [2.45, 2.75) is 101 Å². The summed E-state index contributed by atoms with van der Waals surface area (Å²) in [7, 11) is 0. The third-order valence-electron chi connectivity index (χ3n) is 9.53. The number of carbonyl (C=O) groups excluding carboxylic acids is 4. The minimum atomic E-state index is -0.977. The first-order valence-electron chi connectivity index (χ1n) is 19.1. The number of primary amides is 1. The van der Waals surface area contributed by atoms with Crippen LogP contribution in [0.25, 0.3) is 20.3 Å². The molecule has 312 valence electrons. The van der Waals surface area contributed by atoms with Crippen LogP contribution in [0.5, 0.6) is 0 Å². The molecule has 21 heteroatoms. The number of rotatable bonds is 23. The molecule has 2 aromatic heterocycles. The maximum absolute atomic E-state index is 13.2. The van der Waals surface area contributed by atoms with Crippen molar-refractivity contribution >= 4 is 83.1 Å². The molecule has 0 aliphatic carbocycles. The summed E-state index contributed by atoms with van der Waals surface area (Å²) in [6.07, 6.45) is 4.76. The summed E-state index contributed by atoms with van der Waals surface area (Å²) in [5, 5.41) is 39.5.